The first-order valence-electron chi connectivity index (χ1n) is 9.71. The molecule has 1 saturated carbocycles. The van der Waals surface area contributed by atoms with E-state index in [2.05, 4.69) is 33.8 Å². The van der Waals surface area contributed by atoms with Gasteiger partial charge in [-0.1, -0.05) is 31.2 Å². The summed E-state index contributed by atoms with van der Waals surface area (Å²) in [5.74, 6) is 0.456. The zero-order valence-corrected chi connectivity index (χ0v) is 15.1. The van der Waals surface area contributed by atoms with Crippen LogP contribution < -0.4 is 0 Å². The molecule has 1 aliphatic carbocycles. The molecule has 1 aromatic heterocycles. The second-order valence-corrected chi connectivity index (χ2v) is 8.13. The van der Waals surface area contributed by atoms with Gasteiger partial charge in [0.25, 0.3) is 0 Å². The lowest BCUT2D eigenvalue weighted by Crippen LogP contribution is -2.59. The van der Waals surface area contributed by atoms with Gasteiger partial charge in [-0.05, 0) is 24.8 Å². The Balaban J connectivity index is 1.38. The molecule has 5 nitrogen and oxygen atoms in total. The molecule has 3 heterocycles. The summed E-state index contributed by atoms with van der Waals surface area (Å²) in [5, 5.41) is 11.2. The van der Waals surface area contributed by atoms with Crippen molar-refractivity contribution in [1.82, 2.24) is 14.5 Å². The van der Waals surface area contributed by atoms with Crippen molar-refractivity contribution in [3.8, 4) is 11.3 Å². The number of hydrogen-bond donors (Lipinski definition) is 1. The highest BCUT2D eigenvalue weighted by Crippen LogP contribution is 2.59. The Labute approximate surface area is 153 Å². The first kappa shape index (κ1) is 16.1. The number of carbonyl (C=O) groups is 1. The molecule has 1 saturated heterocycles. The summed E-state index contributed by atoms with van der Waals surface area (Å²) in [6.07, 6.45) is 6.95. The molecule has 0 radical (unpaired) electrons. The molecule has 2 aliphatic heterocycles. The number of rotatable bonds is 2. The number of carbonyl (C=O) groups excluding carboxylic acids is 1. The molecule has 1 amide bonds. The Morgan fingerprint density at radius 3 is 2.81 bits per heavy atom. The molecule has 1 aromatic carbocycles. The monoisotopic (exact) mass is 351 g/mol. The number of hydrogen-bond acceptors (Lipinski definition) is 3. The number of amides is 1. The van der Waals surface area contributed by atoms with Gasteiger partial charge in [0.05, 0.1) is 30.4 Å². The number of aliphatic hydroxyl groups is 1. The summed E-state index contributed by atoms with van der Waals surface area (Å²) >= 11 is 0. The van der Waals surface area contributed by atoms with Crippen LogP contribution in [-0.2, 0) is 4.79 Å². The average Bonchev–Trinajstić information content (AvgIpc) is 3.27. The maximum atomic E-state index is 11.9. The highest BCUT2D eigenvalue weighted by atomic mass is 16.3. The normalized spacial score (nSPS) is 28.5. The molecule has 1 unspecified atom stereocenters. The number of benzene rings is 1. The Bertz CT molecular complexity index is 850. The summed E-state index contributed by atoms with van der Waals surface area (Å²) in [5.41, 5.74) is 3.70. The molecule has 2 aromatic rings. The highest BCUT2D eigenvalue weighted by Gasteiger charge is 2.58. The van der Waals surface area contributed by atoms with E-state index in [4.69, 9.17) is 0 Å². The number of fused-ring (bicyclic) bond motifs is 3. The van der Waals surface area contributed by atoms with Crippen LogP contribution in [0.4, 0.5) is 0 Å². The third-order valence-corrected chi connectivity index (χ3v) is 7.02. The van der Waals surface area contributed by atoms with Gasteiger partial charge < -0.3 is 14.6 Å². The Kier molecular flexibility index (Phi) is 3.51. The van der Waals surface area contributed by atoms with Crippen LogP contribution in [0.1, 0.15) is 44.2 Å². The molecule has 136 valence electrons. The SMILES string of the molecule is CCC(=O)N1CCC2(CC1)C[C@@H](C1c3ccccc3-c3cncn31)[C@H]2O. The zero-order chi connectivity index (χ0) is 17.9. The van der Waals surface area contributed by atoms with Gasteiger partial charge in [0, 0.05) is 36.4 Å². The molecule has 26 heavy (non-hydrogen) atoms. The Hall–Kier alpha value is -2.14. The standard InChI is InChI=1S/C21H25N3O2/c1-2-18(25)23-9-7-21(8-10-23)11-16(20(21)26)19-15-6-4-3-5-14(15)17-12-22-13-24(17)19/h3-6,12-13,16,19-20,26H,2,7-11H2,1H3/t16-,19?,20+/m0/s1. The van der Waals surface area contributed by atoms with E-state index in [0.717, 1.165) is 38.0 Å². The third kappa shape index (κ3) is 2.07. The van der Waals surface area contributed by atoms with Crippen molar-refractivity contribution in [1.29, 1.82) is 0 Å². The quantitative estimate of drug-likeness (QED) is 0.905. The fourth-order valence-electron chi connectivity index (χ4n) is 5.51. The maximum absolute atomic E-state index is 11.9. The molecule has 5 heteroatoms. The van der Waals surface area contributed by atoms with E-state index in [1.165, 1.54) is 11.1 Å². The van der Waals surface area contributed by atoms with E-state index in [1.807, 2.05) is 24.3 Å². The second-order valence-electron chi connectivity index (χ2n) is 8.13. The fraction of sp³-hybridized carbons (Fsp3) is 0.524. The van der Waals surface area contributed by atoms with Gasteiger partial charge in [-0.2, -0.15) is 0 Å². The van der Waals surface area contributed by atoms with Gasteiger partial charge in [-0.15, -0.1) is 0 Å². The lowest BCUT2D eigenvalue weighted by molar-refractivity contribution is -0.164. The van der Waals surface area contributed by atoms with Crippen molar-refractivity contribution in [2.75, 3.05) is 13.1 Å². The van der Waals surface area contributed by atoms with E-state index in [0.29, 0.717) is 6.42 Å². The molecular formula is C21H25N3O2. The van der Waals surface area contributed by atoms with Crippen LogP contribution in [0.15, 0.2) is 36.8 Å². The van der Waals surface area contributed by atoms with Crippen molar-refractivity contribution < 1.29 is 9.90 Å². The molecule has 2 fully saturated rings. The van der Waals surface area contributed by atoms with Gasteiger partial charge in [0.2, 0.25) is 5.91 Å². The highest BCUT2D eigenvalue weighted by molar-refractivity contribution is 5.76. The lowest BCUT2D eigenvalue weighted by Gasteiger charge is -2.58. The van der Waals surface area contributed by atoms with Crippen molar-refractivity contribution >= 4 is 5.91 Å². The number of likely N-dealkylation sites (tertiary alicyclic amines) is 1. The molecule has 1 spiro atoms. The first-order valence-corrected chi connectivity index (χ1v) is 9.71. The van der Waals surface area contributed by atoms with Gasteiger partial charge in [0.15, 0.2) is 0 Å². The van der Waals surface area contributed by atoms with Crippen molar-refractivity contribution in [2.45, 2.75) is 44.8 Å². The van der Waals surface area contributed by atoms with Crippen molar-refractivity contribution in [2.24, 2.45) is 11.3 Å². The fourth-order valence-corrected chi connectivity index (χ4v) is 5.51. The summed E-state index contributed by atoms with van der Waals surface area (Å²) in [6, 6.07) is 8.67. The van der Waals surface area contributed by atoms with E-state index in [-0.39, 0.29) is 29.4 Å². The van der Waals surface area contributed by atoms with Crippen LogP contribution >= 0.6 is 0 Å². The largest absolute Gasteiger partial charge is 0.392 e. The van der Waals surface area contributed by atoms with Crippen molar-refractivity contribution in [3.05, 3.63) is 42.4 Å². The van der Waals surface area contributed by atoms with Crippen LogP contribution in [0.2, 0.25) is 0 Å². The maximum Gasteiger partial charge on any atom is 0.222 e. The van der Waals surface area contributed by atoms with E-state index in [9.17, 15) is 9.90 Å². The Morgan fingerprint density at radius 1 is 1.31 bits per heavy atom. The first-order chi connectivity index (χ1) is 12.6. The molecule has 5 rings (SSSR count). The number of nitrogens with zero attached hydrogens (tertiary/aromatic N) is 3. The average molecular weight is 351 g/mol. The van der Waals surface area contributed by atoms with Crippen molar-refractivity contribution in [3.63, 3.8) is 0 Å². The molecule has 3 atom stereocenters. The minimum absolute atomic E-state index is 0.00648. The lowest BCUT2D eigenvalue weighted by atomic mass is 9.53. The van der Waals surface area contributed by atoms with E-state index in [1.54, 1.807) is 0 Å². The smallest absolute Gasteiger partial charge is 0.222 e. The predicted molar refractivity (Wildman–Crippen MR) is 98.5 cm³/mol. The van der Waals surface area contributed by atoms with E-state index >= 15 is 0 Å². The van der Waals surface area contributed by atoms with Gasteiger partial charge in [0.1, 0.15) is 0 Å². The number of aliphatic hydroxyl groups excluding tert-OH is 1. The van der Waals surface area contributed by atoms with Gasteiger partial charge in [-0.25, -0.2) is 4.98 Å². The second kappa shape index (κ2) is 5.68. The minimum atomic E-state index is -0.312. The molecule has 3 aliphatic rings. The number of piperidine rings is 1. The molecule has 1 N–H and O–H groups in total. The summed E-state index contributed by atoms with van der Waals surface area (Å²) < 4.78 is 2.24. The number of aromatic nitrogens is 2. The predicted octanol–water partition coefficient (Wildman–Crippen LogP) is 2.85. The number of imidazole rings is 1. The van der Waals surface area contributed by atoms with E-state index < -0.39 is 0 Å². The van der Waals surface area contributed by atoms with Crippen LogP contribution in [0.5, 0.6) is 0 Å². The van der Waals surface area contributed by atoms with Crippen LogP contribution in [-0.4, -0.2) is 44.7 Å². The molecular weight excluding hydrogens is 326 g/mol. The van der Waals surface area contributed by atoms with Gasteiger partial charge >= 0.3 is 0 Å². The van der Waals surface area contributed by atoms with Crippen LogP contribution in [0.25, 0.3) is 11.3 Å². The summed E-state index contributed by atoms with van der Waals surface area (Å²) in [4.78, 5) is 18.2. The molecule has 0 bridgehead atoms. The third-order valence-electron chi connectivity index (χ3n) is 7.02. The topological polar surface area (TPSA) is 58.4 Å². The van der Waals surface area contributed by atoms with Crippen LogP contribution in [0.3, 0.4) is 0 Å². The van der Waals surface area contributed by atoms with Gasteiger partial charge in [-0.3, -0.25) is 4.79 Å². The summed E-state index contributed by atoms with van der Waals surface area (Å²) in [7, 11) is 0. The minimum Gasteiger partial charge on any atom is -0.392 e. The Morgan fingerprint density at radius 2 is 2.08 bits per heavy atom. The summed E-state index contributed by atoms with van der Waals surface area (Å²) in [6.45, 7) is 3.49. The van der Waals surface area contributed by atoms with Crippen LogP contribution in [0, 0.1) is 11.3 Å². The zero-order valence-electron chi connectivity index (χ0n) is 15.1.